The van der Waals surface area contributed by atoms with Crippen LogP contribution in [0.25, 0.3) is 0 Å². The Labute approximate surface area is 116 Å². The molecule has 1 heterocycles. The molecule has 2 rings (SSSR count). The summed E-state index contributed by atoms with van der Waals surface area (Å²) in [6, 6.07) is 4.25. The van der Waals surface area contributed by atoms with Crippen LogP contribution in [-0.2, 0) is 0 Å². The second-order valence-corrected chi connectivity index (χ2v) is 6.50. The van der Waals surface area contributed by atoms with E-state index in [-0.39, 0.29) is 5.56 Å². The lowest BCUT2D eigenvalue weighted by atomic mass is 10.0. The van der Waals surface area contributed by atoms with Crippen molar-refractivity contribution in [2.45, 2.75) is 20.0 Å². The summed E-state index contributed by atoms with van der Waals surface area (Å²) in [5, 5.41) is 10.1. The highest BCUT2D eigenvalue weighted by Crippen LogP contribution is 2.36. The highest BCUT2D eigenvalue weighted by molar-refractivity contribution is 9.11. The standard InChI is InChI=1S/C13H11BrF2OS/c1-6-3-4-8(15)10(11(6)16)12(17)9-5-7(2)13(14)18-9/h3-5,12,17H,1-2H3. The fraction of sp³-hybridized carbons (Fsp3) is 0.231. The van der Waals surface area contributed by atoms with Gasteiger partial charge < -0.3 is 5.11 Å². The zero-order valence-electron chi connectivity index (χ0n) is 9.80. The molecule has 0 saturated carbocycles. The Bertz CT molecular complexity index is 575. The molecule has 1 unspecified atom stereocenters. The van der Waals surface area contributed by atoms with Gasteiger partial charge in [0.25, 0.3) is 0 Å². The Kier molecular flexibility index (Phi) is 3.84. The molecule has 0 aliphatic rings. The minimum Gasteiger partial charge on any atom is -0.383 e. The summed E-state index contributed by atoms with van der Waals surface area (Å²) in [6.07, 6.45) is -1.28. The van der Waals surface area contributed by atoms with Crippen molar-refractivity contribution in [1.29, 1.82) is 0 Å². The third kappa shape index (κ3) is 2.35. The summed E-state index contributed by atoms with van der Waals surface area (Å²) in [6.45, 7) is 3.40. The smallest absolute Gasteiger partial charge is 0.135 e. The molecular weight excluding hydrogens is 322 g/mol. The zero-order chi connectivity index (χ0) is 13.4. The number of hydrogen-bond donors (Lipinski definition) is 1. The third-order valence-corrected chi connectivity index (χ3v) is 4.93. The van der Waals surface area contributed by atoms with Crippen LogP contribution in [0.4, 0.5) is 8.78 Å². The molecule has 0 bridgehead atoms. The van der Waals surface area contributed by atoms with Crippen molar-refractivity contribution in [3.05, 3.63) is 55.2 Å². The molecule has 1 atom stereocenters. The van der Waals surface area contributed by atoms with Crippen LogP contribution in [0.2, 0.25) is 0 Å². The van der Waals surface area contributed by atoms with Gasteiger partial charge in [-0.2, -0.15) is 0 Å². The number of rotatable bonds is 2. The molecule has 1 aromatic carbocycles. The van der Waals surface area contributed by atoms with Gasteiger partial charge in [0.05, 0.1) is 9.35 Å². The maximum absolute atomic E-state index is 13.9. The van der Waals surface area contributed by atoms with Gasteiger partial charge in [-0.3, -0.25) is 0 Å². The summed E-state index contributed by atoms with van der Waals surface area (Å²) >= 11 is 4.60. The fourth-order valence-electron chi connectivity index (χ4n) is 1.69. The van der Waals surface area contributed by atoms with Gasteiger partial charge in [0.15, 0.2) is 0 Å². The van der Waals surface area contributed by atoms with E-state index in [1.54, 1.807) is 13.0 Å². The van der Waals surface area contributed by atoms with E-state index in [1.807, 2.05) is 6.92 Å². The quantitative estimate of drug-likeness (QED) is 0.859. The Morgan fingerprint density at radius 2 is 1.89 bits per heavy atom. The van der Waals surface area contributed by atoms with Crippen molar-refractivity contribution < 1.29 is 13.9 Å². The largest absolute Gasteiger partial charge is 0.383 e. The van der Waals surface area contributed by atoms with E-state index in [9.17, 15) is 13.9 Å². The van der Waals surface area contributed by atoms with Crippen molar-refractivity contribution in [2.75, 3.05) is 0 Å². The Balaban J connectivity index is 2.52. The van der Waals surface area contributed by atoms with E-state index in [0.29, 0.717) is 10.4 Å². The van der Waals surface area contributed by atoms with Gasteiger partial charge in [-0.1, -0.05) is 6.07 Å². The predicted molar refractivity (Wildman–Crippen MR) is 71.9 cm³/mol. The number of thiophene rings is 1. The number of aliphatic hydroxyl groups is 1. The van der Waals surface area contributed by atoms with Gasteiger partial charge in [0.2, 0.25) is 0 Å². The maximum Gasteiger partial charge on any atom is 0.135 e. The molecule has 0 aliphatic carbocycles. The van der Waals surface area contributed by atoms with Crippen LogP contribution in [-0.4, -0.2) is 5.11 Å². The van der Waals surface area contributed by atoms with Gasteiger partial charge in [-0.05, 0) is 53.0 Å². The lowest BCUT2D eigenvalue weighted by molar-refractivity contribution is 0.212. The minimum atomic E-state index is -1.28. The van der Waals surface area contributed by atoms with Gasteiger partial charge >= 0.3 is 0 Å². The second kappa shape index (κ2) is 5.07. The van der Waals surface area contributed by atoms with Gasteiger partial charge in [0, 0.05) is 4.88 Å². The number of halogens is 3. The molecule has 5 heteroatoms. The highest BCUT2D eigenvalue weighted by Gasteiger charge is 2.23. The normalized spacial score (nSPS) is 12.8. The van der Waals surface area contributed by atoms with Gasteiger partial charge in [-0.25, -0.2) is 8.78 Å². The van der Waals surface area contributed by atoms with Crippen LogP contribution < -0.4 is 0 Å². The molecule has 0 aliphatic heterocycles. The average Bonchev–Trinajstić information content (AvgIpc) is 2.65. The minimum absolute atomic E-state index is 0.288. The van der Waals surface area contributed by atoms with Gasteiger partial charge in [-0.15, -0.1) is 11.3 Å². The molecule has 0 fully saturated rings. The Morgan fingerprint density at radius 1 is 1.22 bits per heavy atom. The lowest BCUT2D eigenvalue weighted by Gasteiger charge is -2.12. The van der Waals surface area contributed by atoms with E-state index < -0.39 is 17.7 Å². The second-order valence-electron chi connectivity index (χ2n) is 4.10. The van der Waals surface area contributed by atoms with E-state index in [2.05, 4.69) is 15.9 Å². The van der Waals surface area contributed by atoms with Crippen molar-refractivity contribution in [3.63, 3.8) is 0 Å². The van der Waals surface area contributed by atoms with Crippen LogP contribution in [0.1, 0.15) is 27.7 Å². The van der Waals surface area contributed by atoms with Crippen LogP contribution in [0.5, 0.6) is 0 Å². The van der Waals surface area contributed by atoms with Gasteiger partial charge in [0.1, 0.15) is 17.7 Å². The molecule has 1 nitrogen and oxygen atoms in total. The van der Waals surface area contributed by atoms with Crippen molar-refractivity contribution in [3.8, 4) is 0 Å². The monoisotopic (exact) mass is 332 g/mol. The first-order valence-corrected chi connectivity index (χ1v) is 6.91. The number of benzene rings is 1. The SMILES string of the molecule is Cc1cc(C(O)c2c(F)ccc(C)c2F)sc1Br. The molecule has 0 saturated heterocycles. The zero-order valence-corrected chi connectivity index (χ0v) is 12.2. The van der Waals surface area contributed by atoms with Crippen LogP contribution >= 0.6 is 27.3 Å². The summed E-state index contributed by atoms with van der Waals surface area (Å²) in [7, 11) is 0. The first-order chi connectivity index (χ1) is 8.41. The van der Waals surface area contributed by atoms with Crippen molar-refractivity contribution in [1.82, 2.24) is 0 Å². The Morgan fingerprint density at radius 3 is 2.44 bits per heavy atom. The molecule has 1 N–H and O–H groups in total. The van der Waals surface area contributed by atoms with Crippen molar-refractivity contribution in [2.24, 2.45) is 0 Å². The van der Waals surface area contributed by atoms with E-state index in [1.165, 1.54) is 23.5 Å². The molecule has 0 amide bonds. The van der Waals surface area contributed by atoms with Crippen LogP contribution in [0.3, 0.4) is 0 Å². The van der Waals surface area contributed by atoms with Crippen LogP contribution in [0, 0.1) is 25.5 Å². The lowest BCUT2D eigenvalue weighted by Crippen LogP contribution is -2.05. The number of hydrogen-bond acceptors (Lipinski definition) is 2. The maximum atomic E-state index is 13.9. The van der Waals surface area contributed by atoms with Crippen molar-refractivity contribution >= 4 is 27.3 Å². The molecular formula is C13H11BrF2OS. The molecule has 1 aromatic heterocycles. The molecule has 96 valence electrons. The third-order valence-electron chi connectivity index (χ3n) is 2.74. The molecule has 0 spiro atoms. The average molecular weight is 333 g/mol. The topological polar surface area (TPSA) is 20.2 Å². The highest BCUT2D eigenvalue weighted by atomic mass is 79.9. The molecule has 18 heavy (non-hydrogen) atoms. The summed E-state index contributed by atoms with van der Waals surface area (Å²) in [5.41, 5.74) is 0.962. The number of aliphatic hydroxyl groups excluding tert-OH is 1. The number of aryl methyl sites for hydroxylation is 2. The van der Waals surface area contributed by atoms with E-state index in [4.69, 9.17) is 0 Å². The van der Waals surface area contributed by atoms with E-state index in [0.717, 1.165) is 9.35 Å². The molecule has 0 radical (unpaired) electrons. The van der Waals surface area contributed by atoms with Crippen LogP contribution in [0.15, 0.2) is 22.0 Å². The van der Waals surface area contributed by atoms with E-state index >= 15 is 0 Å². The summed E-state index contributed by atoms with van der Waals surface area (Å²) in [4.78, 5) is 0.516. The summed E-state index contributed by atoms with van der Waals surface area (Å²) in [5.74, 6) is -1.42. The first kappa shape index (κ1) is 13.6. The first-order valence-electron chi connectivity index (χ1n) is 5.30. The Hall–Kier alpha value is -0.780. The predicted octanol–water partition coefficient (Wildman–Crippen LogP) is 4.49. The fourth-order valence-corrected chi connectivity index (χ4v) is 3.26. The molecule has 2 aromatic rings. The summed E-state index contributed by atoms with van der Waals surface area (Å²) < 4.78 is 28.4.